The van der Waals surface area contributed by atoms with Crippen molar-refractivity contribution in [3.8, 4) is 0 Å². The van der Waals surface area contributed by atoms with Crippen molar-refractivity contribution in [2.75, 3.05) is 18.2 Å². The topological polar surface area (TPSA) is 90.1 Å². The molecule has 0 aliphatic carbocycles. The van der Waals surface area contributed by atoms with Crippen LogP contribution in [0.15, 0.2) is 30.5 Å². The van der Waals surface area contributed by atoms with Gasteiger partial charge in [0, 0.05) is 11.9 Å². The summed E-state index contributed by atoms with van der Waals surface area (Å²) in [6, 6.07) is 4.17. The third kappa shape index (κ3) is 3.62. The van der Waals surface area contributed by atoms with E-state index in [0.717, 1.165) is 13.2 Å². The van der Waals surface area contributed by atoms with E-state index in [2.05, 4.69) is 20.0 Å². The summed E-state index contributed by atoms with van der Waals surface area (Å²) in [5.74, 6) is -0.726. The van der Waals surface area contributed by atoms with Crippen molar-refractivity contribution in [1.29, 1.82) is 0 Å². The van der Waals surface area contributed by atoms with Crippen molar-refractivity contribution >= 4 is 23.4 Å². The second-order valence-electron chi connectivity index (χ2n) is 4.22. The van der Waals surface area contributed by atoms with E-state index in [9.17, 15) is 18.0 Å². The van der Waals surface area contributed by atoms with Crippen molar-refractivity contribution in [3.63, 3.8) is 0 Å². The van der Waals surface area contributed by atoms with Crippen LogP contribution in [0.3, 0.4) is 0 Å². The second kappa shape index (κ2) is 5.88. The zero-order valence-corrected chi connectivity index (χ0v) is 11.3. The predicted molar refractivity (Wildman–Crippen MR) is 72.5 cm³/mol. The normalized spacial score (nSPS) is 11.1. The Kier molecular flexibility index (Phi) is 4.15. The Bertz CT molecular complexity index is 704. The number of halogens is 3. The first-order valence-electron chi connectivity index (χ1n) is 5.96. The maximum atomic E-state index is 12.9. The van der Waals surface area contributed by atoms with Crippen LogP contribution in [0.25, 0.3) is 0 Å². The van der Waals surface area contributed by atoms with E-state index in [-0.39, 0.29) is 23.0 Å². The average molecular weight is 312 g/mol. The maximum Gasteiger partial charge on any atom is 0.416 e. The van der Waals surface area contributed by atoms with E-state index >= 15 is 0 Å². The molecule has 2 rings (SSSR count). The van der Waals surface area contributed by atoms with Gasteiger partial charge in [-0.1, -0.05) is 0 Å². The van der Waals surface area contributed by atoms with E-state index in [1.807, 2.05) is 0 Å². The molecule has 0 amide bonds. The molecule has 0 aliphatic heterocycles. The van der Waals surface area contributed by atoms with Gasteiger partial charge >= 0.3 is 12.1 Å². The number of carbonyl (C=O) groups is 1. The molecular formula is C13H11F3N4O2. The minimum Gasteiger partial charge on any atom is -0.465 e. The van der Waals surface area contributed by atoms with Crippen LogP contribution in [0.4, 0.5) is 30.6 Å². The molecular weight excluding hydrogens is 301 g/mol. The molecule has 0 saturated carbocycles. The molecule has 0 spiro atoms. The van der Waals surface area contributed by atoms with E-state index in [0.29, 0.717) is 6.07 Å². The van der Waals surface area contributed by atoms with Gasteiger partial charge in [0.25, 0.3) is 0 Å². The summed E-state index contributed by atoms with van der Waals surface area (Å²) in [5, 5.41) is 2.57. The Morgan fingerprint density at radius 3 is 2.64 bits per heavy atom. The fourth-order valence-corrected chi connectivity index (χ4v) is 1.66. The molecule has 0 saturated heterocycles. The van der Waals surface area contributed by atoms with Gasteiger partial charge in [0.15, 0.2) is 0 Å². The van der Waals surface area contributed by atoms with Crippen LogP contribution in [0.5, 0.6) is 0 Å². The minimum atomic E-state index is -4.61. The fourth-order valence-electron chi connectivity index (χ4n) is 1.66. The van der Waals surface area contributed by atoms with Crippen LogP contribution in [0, 0.1) is 0 Å². The van der Waals surface area contributed by atoms with Crippen molar-refractivity contribution in [2.24, 2.45) is 0 Å². The Labute approximate surface area is 123 Å². The summed E-state index contributed by atoms with van der Waals surface area (Å²) in [6.07, 6.45) is -3.27. The highest BCUT2D eigenvalue weighted by atomic mass is 19.4. The number of aromatic nitrogens is 2. The van der Waals surface area contributed by atoms with E-state index in [4.69, 9.17) is 5.73 Å². The molecule has 1 aromatic heterocycles. The molecule has 22 heavy (non-hydrogen) atoms. The first kappa shape index (κ1) is 15.5. The number of methoxy groups -OCH3 is 1. The number of nitrogens with zero attached hydrogens (tertiary/aromatic N) is 2. The number of alkyl halides is 3. The Hall–Kier alpha value is -2.84. The van der Waals surface area contributed by atoms with Gasteiger partial charge in [-0.3, -0.25) is 0 Å². The highest BCUT2D eigenvalue weighted by Crippen LogP contribution is 2.32. The van der Waals surface area contributed by atoms with Crippen molar-refractivity contribution in [2.45, 2.75) is 6.18 Å². The summed E-state index contributed by atoms with van der Waals surface area (Å²) in [4.78, 5) is 19.1. The lowest BCUT2D eigenvalue weighted by molar-refractivity contribution is -0.137. The average Bonchev–Trinajstić information content (AvgIpc) is 2.45. The molecule has 0 aliphatic rings. The Morgan fingerprint density at radius 2 is 2.05 bits per heavy atom. The van der Waals surface area contributed by atoms with Gasteiger partial charge in [0.2, 0.25) is 5.95 Å². The van der Waals surface area contributed by atoms with Crippen molar-refractivity contribution in [3.05, 3.63) is 41.6 Å². The van der Waals surface area contributed by atoms with Gasteiger partial charge in [0.05, 0.1) is 18.2 Å². The summed E-state index contributed by atoms with van der Waals surface area (Å²) in [6.45, 7) is 0. The predicted octanol–water partition coefficient (Wildman–Crippen LogP) is 2.61. The van der Waals surface area contributed by atoms with Crippen molar-refractivity contribution < 1.29 is 22.7 Å². The highest BCUT2D eigenvalue weighted by Gasteiger charge is 2.32. The molecule has 1 heterocycles. The lowest BCUT2D eigenvalue weighted by Gasteiger charge is -2.12. The second-order valence-corrected chi connectivity index (χ2v) is 4.22. The number of esters is 1. The smallest absolute Gasteiger partial charge is 0.416 e. The summed E-state index contributed by atoms with van der Waals surface area (Å²) >= 11 is 0. The highest BCUT2D eigenvalue weighted by molar-refractivity contribution is 5.91. The standard InChI is InChI=1S/C13H11F3N4O2/c1-22-11(21)7-4-8(13(14,15)16)6-9(5-7)19-12-18-3-2-10(17)20-12/h2-6H,1H3,(H3,17,18,19,20). The van der Waals surface area contributed by atoms with Crippen LogP contribution >= 0.6 is 0 Å². The lowest BCUT2D eigenvalue weighted by atomic mass is 10.1. The van der Waals surface area contributed by atoms with Crippen LogP contribution in [-0.2, 0) is 10.9 Å². The van der Waals surface area contributed by atoms with Crippen LogP contribution in [-0.4, -0.2) is 23.0 Å². The fraction of sp³-hybridized carbons (Fsp3) is 0.154. The van der Waals surface area contributed by atoms with Gasteiger partial charge < -0.3 is 15.8 Å². The molecule has 0 bridgehead atoms. The Morgan fingerprint density at radius 1 is 1.32 bits per heavy atom. The minimum absolute atomic E-state index is 0.00939. The van der Waals surface area contributed by atoms with E-state index in [1.165, 1.54) is 18.3 Å². The third-order valence-corrected chi connectivity index (χ3v) is 2.61. The number of anilines is 3. The molecule has 0 radical (unpaired) electrons. The summed E-state index contributed by atoms with van der Waals surface area (Å²) < 4.78 is 43.1. The Balaban J connectivity index is 2.43. The number of benzene rings is 1. The largest absolute Gasteiger partial charge is 0.465 e. The van der Waals surface area contributed by atoms with Gasteiger partial charge in [-0.15, -0.1) is 0 Å². The number of hydrogen-bond acceptors (Lipinski definition) is 6. The molecule has 116 valence electrons. The molecule has 6 nitrogen and oxygen atoms in total. The first-order chi connectivity index (χ1) is 10.3. The third-order valence-electron chi connectivity index (χ3n) is 2.61. The number of carbonyl (C=O) groups excluding carboxylic acids is 1. The van der Waals surface area contributed by atoms with Gasteiger partial charge in [-0.2, -0.15) is 18.2 Å². The molecule has 0 atom stereocenters. The molecule has 0 unspecified atom stereocenters. The first-order valence-corrected chi connectivity index (χ1v) is 5.96. The number of nitrogen functional groups attached to an aromatic ring is 1. The number of nitrogens with two attached hydrogens (primary N) is 1. The van der Waals surface area contributed by atoms with Crippen LogP contribution in [0.1, 0.15) is 15.9 Å². The molecule has 0 fully saturated rings. The summed E-state index contributed by atoms with van der Waals surface area (Å²) in [7, 11) is 1.08. The van der Waals surface area contributed by atoms with Gasteiger partial charge in [0.1, 0.15) is 5.82 Å². The van der Waals surface area contributed by atoms with E-state index < -0.39 is 17.7 Å². The number of rotatable bonds is 3. The van der Waals surface area contributed by atoms with Crippen molar-refractivity contribution in [1.82, 2.24) is 9.97 Å². The van der Waals surface area contributed by atoms with Gasteiger partial charge in [-0.25, -0.2) is 9.78 Å². The molecule has 3 N–H and O–H groups in total. The maximum absolute atomic E-state index is 12.9. The lowest BCUT2D eigenvalue weighted by Crippen LogP contribution is -2.10. The summed E-state index contributed by atoms with van der Waals surface area (Å²) in [5.41, 5.74) is 4.21. The SMILES string of the molecule is COC(=O)c1cc(Nc2nccc(N)n2)cc(C(F)(F)F)c1. The quantitative estimate of drug-likeness (QED) is 0.847. The number of ether oxygens (including phenoxy) is 1. The monoisotopic (exact) mass is 312 g/mol. The van der Waals surface area contributed by atoms with Crippen LogP contribution < -0.4 is 11.1 Å². The van der Waals surface area contributed by atoms with E-state index in [1.54, 1.807) is 0 Å². The number of nitrogens with one attached hydrogen (secondary N) is 1. The zero-order chi connectivity index (χ0) is 16.3. The molecule has 2 aromatic rings. The van der Waals surface area contributed by atoms with Crippen LogP contribution in [0.2, 0.25) is 0 Å². The molecule has 1 aromatic carbocycles. The zero-order valence-electron chi connectivity index (χ0n) is 11.3. The van der Waals surface area contributed by atoms with Gasteiger partial charge in [-0.05, 0) is 24.3 Å². The number of hydrogen-bond donors (Lipinski definition) is 2. The molecule has 9 heteroatoms.